The Morgan fingerprint density at radius 1 is 1.27 bits per heavy atom. The Hall–Kier alpha value is -2.51. The molecule has 0 atom stereocenters. The summed E-state index contributed by atoms with van der Waals surface area (Å²) in [5.41, 5.74) is 1.87. The van der Waals surface area contributed by atoms with E-state index in [4.69, 9.17) is 9.47 Å². The van der Waals surface area contributed by atoms with Gasteiger partial charge in [0.05, 0.1) is 16.8 Å². The lowest BCUT2D eigenvalue weighted by atomic mass is 10.2. The number of amides is 1. The molecule has 26 heavy (non-hydrogen) atoms. The third-order valence-electron chi connectivity index (χ3n) is 3.74. The molecule has 1 heterocycles. The summed E-state index contributed by atoms with van der Waals surface area (Å²) in [6.07, 6.45) is 0. The molecule has 0 aliphatic carbocycles. The Kier molecular flexibility index (Phi) is 5.80. The lowest BCUT2D eigenvalue weighted by Gasteiger charge is -2.05. The van der Waals surface area contributed by atoms with E-state index >= 15 is 0 Å². The molecule has 136 valence electrons. The monoisotopic (exact) mass is 374 g/mol. The predicted octanol–water partition coefficient (Wildman–Crippen LogP) is 3.30. The third kappa shape index (κ3) is 4.36. The summed E-state index contributed by atoms with van der Waals surface area (Å²) >= 11 is 1.27. The van der Waals surface area contributed by atoms with E-state index in [0.29, 0.717) is 23.7 Å². The van der Waals surface area contributed by atoms with E-state index in [-0.39, 0.29) is 12.4 Å². The number of aromatic nitrogens is 1. The van der Waals surface area contributed by atoms with Crippen molar-refractivity contribution in [3.63, 3.8) is 0 Å². The maximum absolute atomic E-state index is 13.5. The number of thiazole rings is 1. The Labute approximate surface area is 154 Å². The van der Waals surface area contributed by atoms with Crippen molar-refractivity contribution in [2.24, 2.45) is 4.99 Å². The van der Waals surface area contributed by atoms with Crippen LogP contribution in [0.25, 0.3) is 10.2 Å². The maximum Gasteiger partial charge on any atom is 0.286 e. The summed E-state index contributed by atoms with van der Waals surface area (Å²) in [5, 5.41) is 0. The number of fused-ring (bicyclic) bond motifs is 1. The molecular formula is C19H19FN2O3S. The van der Waals surface area contributed by atoms with Crippen LogP contribution in [-0.4, -0.2) is 30.8 Å². The number of benzene rings is 2. The van der Waals surface area contributed by atoms with Crippen molar-refractivity contribution >= 4 is 27.5 Å². The van der Waals surface area contributed by atoms with Crippen LogP contribution in [0.3, 0.4) is 0 Å². The van der Waals surface area contributed by atoms with Crippen LogP contribution >= 0.6 is 11.3 Å². The van der Waals surface area contributed by atoms with E-state index < -0.39 is 5.91 Å². The molecule has 5 nitrogen and oxygen atoms in total. The maximum atomic E-state index is 13.5. The molecule has 3 rings (SSSR count). The van der Waals surface area contributed by atoms with Crippen molar-refractivity contribution in [2.75, 3.05) is 20.3 Å². The van der Waals surface area contributed by atoms with Gasteiger partial charge in [-0.2, -0.15) is 4.99 Å². The van der Waals surface area contributed by atoms with Gasteiger partial charge in [0.2, 0.25) is 0 Å². The van der Waals surface area contributed by atoms with Crippen molar-refractivity contribution in [3.05, 3.63) is 58.6 Å². The number of rotatable bonds is 6. The highest BCUT2D eigenvalue weighted by Gasteiger charge is 2.09. The van der Waals surface area contributed by atoms with Crippen molar-refractivity contribution in [3.8, 4) is 5.75 Å². The zero-order valence-corrected chi connectivity index (χ0v) is 15.4. The topological polar surface area (TPSA) is 52.8 Å². The minimum absolute atomic E-state index is 0.156. The molecule has 0 saturated carbocycles. The molecule has 0 unspecified atom stereocenters. The quantitative estimate of drug-likeness (QED) is 0.665. The molecule has 0 saturated heterocycles. The summed E-state index contributed by atoms with van der Waals surface area (Å²) in [7, 11) is 1.60. The number of aryl methyl sites for hydroxylation is 1. The van der Waals surface area contributed by atoms with Gasteiger partial charge in [0, 0.05) is 13.7 Å². The minimum atomic E-state index is -0.398. The van der Waals surface area contributed by atoms with Crippen molar-refractivity contribution < 1.29 is 18.7 Å². The van der Waals surface area contributed by atoms with Crippen LogP contribution in [0, 0.1) is 12.7 Å². The van der Waals surface area contributed by atoms with Gasteiger partial charge in [0.1, 0.15) is 11.6 Å². The number of carbonyl (C=O) groups excluding carboxylic acids is 1. The van der Waals surface area contributed by atoms with Gasteiger partial charge in [-0.05, 0) is 42.8 Å². The fourth-order valence-electron chi connectivity index (χ4n) is 2.52. The Morgan fingerprint density at radius 2 is 2.12 bits per heavy atom. The number of hydrogen-bond acceptors (Lipinski definition) is 4. The third-order valence-corrected chi connectivity index (χ3v) is 4.78. The van der Waals surface area contributed by atoms with Crippen LogP contribution in [0.5, 0.6) is 5.75 Å². The Balaban J connectivity index is 1.86. The molecule has 0 aliphatic rings. The van der Waals surface area contributed by atoms with Crippen molar-refractivity contribution in [1.29, 1.82) is 0 Å². The lowest BCUT2D eigenvalue weighted by molar-refractivity contribution is -0.120. The van der Waals surface area contributed by atoms with Gasteiger partial charge in [-0.1, -0.05) is 23.5 Å². The fraction of sp³-hybridized carbons (Fsp3) is 0.263. The summed E-state index contributed by atoms with van der Waals surface area (Å²) in [5.74, 6) is -0.0952. The number of nitrogens with zero attached hydrogens (tertiary/aromatic N) is 2. The van der Waals surface area contributed by atoms with Crippen LogP contribution in [0.4, 0.5) is 4.39 Å². The summed E-state index contributed by atoms with van der Waals surface area (Å²) < 4.78 is 26.7. The van der Waals surface area contributed by atoms with Gasteiger partial charge in [0.25, 0.3) is 5.91 Å². The van der Waals surface area contributed by atoms with Gasteiger partial charge in [-0.25, -0.2) is 4.39 Å². The molecule has 3 aromatic rings. The number of halogens is 1. The highest BCUT2D eigenvalue weighted by molar-refractivity contribution is 7.16. The summed E-state index contributed by atoms with van der Waals surface area (Å²) in [6.45, 7) is 2.78. The van der Waals surface area contributed by atoms with E-state index in [1.54, 1.807) is 19.2 Å². The fourth-order valence-corrected chi connectivity index (χ4v) is 3.62. The average Bonchev–Trinajstić information content (AvgIpc) is 2.94. The van der Waals surface area contributed by atoms with E-state index in [2.05, 4.69) is 4.99 Å². The molecule has 0 N–H and O–H groups in total. The van der Waals surface area contributed by atoms with Crippen LogP contribution in [0.1, 0.15) is 5.56 Å². The summed E-state index contributed by atoms with van der Waals surface area (Å²) in [6, 6.07) is 12.0. The highest BCUT2D eigenvalue weighted by Crippen LogP contribution is 2.18. The first-order valence-electron chi connectivity index (χ1n) is 8.11. The molecule has 0 aliphatic heterocycles. The first-order valence-corrected chi connectivity index (χ1v) is 8.93. The van der Waals surface area contributed by atoms with Gasteiger partial charge in [0.15, 0.2) is 11.4 Å². The highest BCUT2D eigenvalue weighted by atomic mass is 32.1. The van der Waals surface area contributed by atoms with E-state index in [0.717, 1.165) is 15.8 Å². The van der Waals surface area contributed by atoms with Crippen LogP contribution in [0.2, 0.25) is 0 Å². The molecule has 2 aromatic carbocycles. The second kappa shape index (κ2) is 8.25. The first kappa shape index (κ1) is 18.3. The van der Waals surface area contributed by atoms with Crippen LogP contribution < -0.4 is 9.54 Å². The number of methoxy groups -OCH3 is 1. The van der Waals surface area contributed by atoms with E-state index in [9.17, 15) is 9.18 Å². The molecule has 1 aromatic heterocycles. The smallest absolute Gasteiger partial charge is 0.286 e. The molecule has 7 heteroatoms. The van der Waals surface area contributed by atoms with Crippen LogP contribution in [-0.2, 0) is 16.1 Å². The number of ether oxygens (including phenoxy) is 2. The first-order chi connectivity index (χ1) is 12.6. The average molecular weight is 374 g/mol. The minimum Gasteiger partial charge on any atom is -0.484 e. The van der Waals surface area contributed by atoms with Gasteiger partial charge < -0.3 is 14.0 Å². The normalized spacial score (nSPS) is 11.9. The molecule has 0 radical (unpaired) electrons. The van der Waals surface area contributed by atoms with Crippen molar-refractivity contribution in [2.45, 2.75) is 13.5 Å². The standard InChI is InChI=1S/C19H19FN2O3S/c1-13-4-3-5-15(10-13)25-12-18(23)21-19-22(8-9-24-2)16-7-6-14(20)11-17(16)26-19/h3-7,10-11H,8-9,12H2,1-2H3. The number of hydrogen-bond donors (Lipinski definition) is 0. The predicted molar refractivity (Wildman–Crippen MR) is 98.9 cm³/mol. The zero-order valence-electron chi connectivity index (χ0n) is 14.6. The van der Waals surface area contributed by atoms with E-state index in [1.165, 1.54) is 23.5 Å². The zero-order chi connectivity index (χ0) is 18.5. The molecule has 1 amide bonds. The SMILES string of the molecule is COCCn1c(=NC(=O)COc2cccc(C)c2)sc2cc(F)ccc21. The molecular weight excluding hydrogens is 355 g/mol. The Bertz CT molecular complexity index is 994. The second-order valence-electron chi connectivity index (χ2n) is 5.75. The molecule has 0 fully saturated rings. The Morgan fingerprint density at radius 3 is 2.88 bits per heavy atom. The molecule has 0 spiro atoms. The van der Waals surface area contributed by atoms with E-state index in [1.807, 2.05) is 29.7 Å². The number of carbonyl (C=O) groups is 1. The van der Waals surface area contributed by atoms with Gasteiger partial charge in [-0.3, -0.25) is 4.79 Å². The van der Waals surface area contributed by atoms with Gasteiger partial charge >= 0.3 is 0 Å². The molecule has 0 bridgehead atoms. The second-order valence-corrected chi connectivity index (χ2v) is 6.76. The van der Waals surface area contributed by atoms with Gasteiger partial charge in [-0.15, -0.1) is 0 Å². The van der Waals surface area contributed by atoms with Crippen LogP contribution in [0.15, 0.2) is 47.5 Å². The largest absolute Gasteiger partial charge is 0.484 e. The van der Waals surface area contributed by atoms with Crippen molar-refractivity contribution in [1.82, 2.24) is 4.57 Å². The lowest BCUT2D eigenvalue weighted by Crippen LogP contribution is -2.21. The summed E-state index contributed by atoms with van der Waals surface area (Å²) in [4.78, 5) is 16.9.